The third kappa shape index (κ3) is 8.02. The molecule has 0 unspecified atom stereocenters. The highest BCUT2D eigenvalue weighted by molar-refractivity contribution is 7.86. The molecule has 9 heteroatoms. The van der Waals surface area contributed by atoms with Crippen molar-refractivity contribution < 1.29 is 21.5 Å². The van der Waals surface area contributed by atoms with Gasteiger partial charge >= 0.3 is 18.1 Å². The van der Waals surface area contributed by atoms with Crippen molar-refractivity contribution in [2.24, 2.45) is 11.0 Å². The van der Waals surface area contributed by atoms with Gasteiger partial charge in [-0.05, 0) is 0 Å². The first kappa shape index (κ1) is 9.02. The van der Waals surface area contributed by atoms with Crippen molar-refractivity contribution in [1.29, 1.82) is 0 Å². The average Bonchev–Trinajstić information content (AvgIpc) is 1.14. The fourth-order valence-corrected chi connectivity index (χ4v) is 1.32. The van der Waals surface area contributed by atoms with Gasteiger partial charge < -0.3 is 0 Å². The van der Waals surface area contributed by atoms with E-state index in [2.05, 4.69) is 15.0 Å². The quantitative estimate of drug-likeness (QED) is 0.356. The van der Waals surface area contributed by atoms with Crippen LogP contribution in [-0.2, 0) is 18.9 Å². The molecule has 0 aliphatic carbocycles. The topological polar surface area (TPSA) is 133 Å². The Morgan fingerprint density at radius 1 is 1.44 bits per heavy atom. The van der Waals surface area contributed by atoms with E-state index in [0.717, 1.165) is 0 Å². The van der Waals surface area contributed by atoms with Crippen molar-refractivity contribution in [3.63, 3.8) is 0 Å². The average molecular weight is 176 g/mol. The molecular formula is H5N2O5PS. The van der Waals surface area contributed by atoms with E-state index in [9.17, 15) is 13.0 Å². The van der Waals surface area contributed by atoms with E-state index in [4.69, 9.17) is 4.55 Å². The molecule has 0 bridgehead atoms. The van der Waals surface area contributed by atoms with Gasteiger partial charge in [-0.2, -0.15) is 12.4 Å². The highest BCUT2D eigenvalue weighted by atomic mass is 32.3. The summed E-state index contributed by atoms with van der Waals surface area (Å²) in [6.07, 6.45) is 0. The fourth-order valence-electron chi connectivity index (χ4n) is 0.147. The van der Waals surface area contributed by atoms with E-state index in [1.165, 1.54) is 0 Å². The summed E-state index contributed by atoms with van der Waals surface area (Å²) in [6.45, 7) is 0. The Morgan fingerprint density at radius 3 is 1.78 bits per heavy atom. The first-order valence-electron chi connectivity index (χ1n) is 1.56. The Morgan fingerprint density at radius 2 is 1.78 bits per heavy atom. The molecule has 7 nitrogen and oxygen atoms in total. The van der Waals surface area contributed by atoms with Crippen molar-refractivity contribution in [2.45, 2.75) is 0 Å². The smallest absolute Gasteiger partial charge is 0.263 e. The monoisotopic (exact) mass is 176 g/mol. The van der Waals surface area contributed by atoms with Gasteiger partial charge in [0, 0.05) is 0 Å². The summed E-state index contributed by atoms with van der Waals surface area (Å²) in [5, 5.41) is 0. The Kier molecular flexibility index (Phi) is 2.34. The normalized spacial score (nSPS) is 13.7. The van der Waals surface area contributed by atoms with Crippen LogP contribution in [-0.4, -0.2) is 13.0 Å². The Balaban J connectivity index is 4.26. The predicted octanol–water partition coefficient (Wildman–Crippen LogP) is -1.17. The standard InChI is InChI=1S/H5N2O5PS/c1-8(2,3)7-9(4,5)6/h(H4,1,2,3)(H,4,5,6). The van der Waals surface area contributed by atoms with Gasteiger partial charge in [0.05, 0.1) is 0 Å². The minimum Gasteiger partial charge on any atom is -0.263 e. The van der Waals surface area contributed by atoms with Crippen LogP contribution >= 0.6 is 7.67 Å². The van der Waals surface area contributed by atoms with E-state index < -0.39 is 18.1 Å². The molecule has 0 aromatic heterocycles. The lowest BCUT2D eigenvalue weighted by Crippen LogP contribution is -2.12. The zero-order valence-corrected chi connectivity index (χ0v) is 5.80. The predicted molar refractivity (Wildman–Crippen MR) is 28.6 cm³/mol. The van der Waals surface area contributed by atoms with Gasteiger partial charge in [0.15, 0.2) is 0 Å². The Hall–Kier alpha value is 0.0200. The van der Waals surface area contributed by atoms with Crippen LogP contribution in [0.1, 0.15) is 0 Å². The van der Waals surface area contributed by atoms with Crippen molar-refractivity contribution in [1.82, 2.24) is 0 Å². The Bertz CT molecular complexity index is 221. The molecule has 56 valence electrons. The minimum absolute atomic E-state index is 3.26. The van der Waals surface area contributed by atoms with Crippen LogP contribution in [0.2, 0.25) is 0 Å². The minimum atomic E-state index is -4.79. The Labute approximate surface area is 51.5 Å². The summed E-state index contributed by atoms with van der Waals surface area (Å²) in [6, 6.07) is 0. The third-order valence-electron chi connectivity index (χ3n) is 0.211. The molecule has 0 heterocycles. The van der Waals surface area contributed by atoms with Gasteiger partial charge in [-0.15, -0.1) is 0 Å². The second-order valence-corrected chi connectivity index (χ2v) is 3.89. The van der Waals surface area contributed by atoms with E-state index in [1.807, 2.05) is 0 Å². The molecule has 0 saturated heterocycles. The maximum absolute atomic E-state index is 10.0. The molecule has 9 heavy (non-hydrogen) atoms. The molecule has 0 aromatic rings. The first-order valence-corrected chi connectivity index (χ1v) is 4.69. The number of hydrogen-bond donors (Lipinski definition) is 3. The molecule has 0 fully saturated rings. The first-order chi connectivity index (χ1) is 3.71. The molecule has 5 N–H and O–H groups in total. The zero-order valence-electron chi connectivity index (χ0n) is 4.09. The van der Waals surface area contributed by atoms with Crippen LogP contribution in [0.25, 0.3) is 0 Å². The fraction of sp³-hybridized carbons (Fsp3) is 0. The van der Waals surface area contributed by atoms with Crippen molar-refractivity contribution in [3.8, 4) is 0 Å². The van der Waals surface area contributed by atoms with Gasteiger partial charge in [0.25, 0.3) is 0 Å². The zero-order chi connectivity index (χ0) is 7.71. The highest BCUT2D eigenvalue weighted by Gasteiger charge is 2.18. The lowest BCUT2D eigenvalue weighted by molar-refractivity contribution is 0.382. The summed E-state index contributed by atoms with van der Waals surface area (Å²) in [7, 11) is -8.92. The third-order valence-corrected chi connectivity index (χ3v) is 1.90. The second-order valence-electron chi connectivity index (χ2n) is 1.15. The molecule has 0 aliphatic rings. The molecule has 0 rings (SSSR count). The molecule has 0 radical (unpaired) electrons. The number of hydrogen-bond acceptors (Lipinski definition) is 4. The number of nitrogens with two attached hydrogens (primary N) is 2. The summed E-state index contributed by atoms with van der Waals surface area (Å²) < 4.78 is 40.4. The summed E-state index contributed by atoms with van der Waals surface area (Å²) >= 11 is 0. The lowest BCUT2D eigenvalue weighted by atomic mass is 13.9. The molecular weight excluding hydrogens is 171 g/mol. The van der Waals surface area contributed by atoms with Gasteiger partial charge in [0.2, 0.25) is 0 Å². The molecule has 0 aromatic carbocycles. The molecule has 0 spiro atoms. The molecule has 0 aliphatic heterocycles. The van der Waals surface area contributed by atoms with Gasteiger partial charge in [0.1, 0.15) is 0 Å². The number of rotatable bonds is 2. The van der Waals surface area contributed by atoms with Crippen LogP contribution in [0, 0.1) is 0 Å². The van der Waals surface area contributed by atoms with Crippen molar-refractivity contribution >= 4 is 18.1 Å². The summed E-state index contributed by atoms with van der Waals surface area (Å²) in [4.78, 5) is 0. The van der Waals surface area contributed by atoms with E-state index in [1.54, 1.807) is 0 Å². The largest absolute Gasteiger partial charge is 0.404 e. The second kappa shape index (κ2) is 2.33. The summed E-state index contributed by atoms with van der Waals surface area (Å²) in [5.74, 6) is 0. The maximum Gasteiger partial charge on any atom is 0.404 e. The van der Waals surface area contributed by atoms with Crippen molar-refractivity contribution in [3.05, 3.63) is 0 Å². The van der Waals surface area contributed by atoms with Gasteiger partial charge in [-0.3, -0.25) is 9.12 Å². The van der Waals surface area contributed by atoms with Crippen molar-refractivity contribution in [2.75, 3.05) is 0 Å². The van der Waals surface area contributed by atoms with Gasteiger partial charge in [-0.25, -0.2) is 11.0 Å². The maximum atomic E-state index is 10.0. The van der Waals surface area contributed by atoms with Crippen LogP contribution in [0.4, 0.5) is 0 Å². The molecule has 0 atom stereocenters. The molecule has 0 amide bonds. The highest BCUT2D eigenvalue weighted by Crippen LogP contribution is 2.28. The van der Waals surface area contributed by atoms with Crippen LogP contribution < -0.4 is 11.0 Å². The summed E-state index contributed by atoms with van der Waals surface area (Å²) in [5.41, 5.74) is 8.79. The van der Waals surface area contributed by atoms with Crippen LogP contribution in [0.15, 0.2) is 0 Å². The van der Waals surface area contributed by atoms with E-state index in [-0.39, 0.29) is 0 Å². The molecule has 0 saturated carbocycles. The van der Waals surface area contributed by atoms with Crippen LogP contribution in [0.3, 0.4) is 0 Å². The SMILES string of the molecule is NP(N)(=O)OS(=O)(=O)O. The van der Waals surface area contributed by atoms with E-state index in [0.29, 0.717) is 0 Å². The van der Waals surface area contributed by atoms with Gasteiger partial charge in [-0.1, -0.05) is 0 Å². The lowest BCUT2D eigenvalue weighted by Gasteiger charge is -2.00. The van der Waals surface area contributed by atoms with Crippen LogP contribution in [0.5, 0.6) is 0 Å². The van der Waals surface area contributed by atoms with E-state index >= 15 is 0 Å².